The Morgan fingerprint density at radius 3 is 2.37 bits per heavy atom. The van der Waals surface area contributed by atoms with Gasteiger partial charge in [0.05, 0.1) is 0 Å². The summed E-state index contributed by atoms with van der Waals surface area (Å²) in [5.41, 5.74) is 16.0. The van der Waals surface area contributed by atoms with Gasteiger partial charge in [0, 0.05) is 55.3 Å². The Morgan fingerprint density at radius 2 is 1.74 bits per heavy atom. The van der Waals surface area contributed by atoms with Gasteiger partial charge in [-0.25, -0.2) is 9.97 Å². The predicted molar refractivity (Wildman–Crippen MR) is 106 cm³/mol. The number of anilines is 3. The normalized spacial score (nSPS) is 15.3. The van der Waals surface area contributed by atoms with Crippen molar-refractivity contribution >= 4 is 17.6 Å². The van der Waals surface area contributed by atoms with Crippen LogP contribution in [-0.4, -0.2) is 37.8 Å². The van der Waals surface area contributed by atoms with Crippen LogP contribution in [0.5, 0.6) is 0 Å². The van der Waals surface area contributed by atoms with E-state index in [2.05, 4.69) is 50.2 Å². The third kappa shape index (κ3) is 3.30. The Kier molecular flexibility index (Phi) is 4.39. The number of nitrogens with two attached hydrogens (primary N) is 2. The summed E-state index contributed by atoms with van der Waals surface area (Å²) >= 11 is 0. The fourth-order valence-electron chi connectivity index (χ4n) is 3.71. The molecular weight excluding hydrogens is 340 g/mol. The average molecular weight is 364 g/mol. The average Bonchev–Trinajstić information content (AvgIpc) is 3.01. The summed E-state index contributed by atoms with van der Waals surface area (Å²) in [5.74, 6) is 2.11. The quantitative estimate of drug-likeness (QED) is 0.732. The zero-order valence-electron chi connectivity index (χ0n) is 15.6. The van der Waals surface area contributed by atoms with Crippen LogP contribution < -0.4 is 16.4 Å². The predicted octanol–water partition coefficient (Wildman–Crippen LogP) is 2.13. The number of nitrogens with zero attached hydrogens (tertiary/aromatic N) is 6. The van der Waals surface area contributed by atoms with E-state index in [1.165, 1.54) is 11.3 Å². The highest BCUT2D eigenvalue weighted by atomic mass is 15.3. The first-order chi connectivity index (χ1) is 13.0. The minimum Gasteiger partial charge on any atom is -0.371 e. The van der Waals surface area contributed by atoms with Gasteiger partial charge in [0.1, 0.15) is 5.82 Å². The molecule has 4 rings (SSSR count). The van der Waals surface area contributed by atoms with Crippen molar-refractivity contribution in [3.8, 4) is 11.1 Å². The van der Waals surface area contributed by atoms with E-state index in [9.17, 15) is 0 Å². The van der Waals surface area contributed by atoms with Crippen LogP contribution in [0.2, 0.25) is 0 Å². The molecule has 140 valence electrons. The van der Waals surface area contributed by atoms with Crippen LogP contribution in [0.25, 0.3) is 11.1 Å². The van der Waals surface area contributed by atoms with Gasteiger partial charge in [0.15, 0.2) is 0 Å². The first kappa shape index (κ1) is 17.3. The number of hydrogen-bond donors (Lipinski definition) is 2. The standard InChI is InChI=1S/C19H24N8/c1-12-3-4-15(14-10-22-18(20)23-11-14)16(9-12)27-7-5-13(6-8-27)17-24-25-19(21)26(17)2/h3-4,9-11,13H,5-8H2,1-2H3,(H2,21,25)(H2,20,22,23). The van der Waals surface area contributed by atoms with E-state index >= 15 is 0 Å². The van der Waals surface area contributed by atoms with E-state index in [-0.39, 0.29) is 5.95 Å². The Hall–Kier alpha value is -3.16. The Balaban J connectivity index is 1.58. The second kappa shape index (κ2) is 6.86. The number of rotatable bonds is 3. The fraction of sp³-hybridized carbons (Fsp3) is 0.368. The molecule has 0 aliphatic carbocycles. The Bertz CT molecular complexity index is 939. The third-order valence-electron chi connectivity index (χ3n) is 5.28. The van der Waals surface area contributed by atoms with Gasteiger partial charge in [-0.3, -0.25) is 0 Å². The molecule has 2 aromatic heterocycles. The minimum absolute atomic E-state index is 0.288. The maximum Gasteiger partial charge on any atom is 0.221 e. The molecule has 27 heavy (non-hydrogen) atoms. The fourth-order valence-corrected chi connectivity index (χ4v) is 3.71. The van der Waals surface area contributed by atoms with Crippen LogP contribution in [0.3, 0.4) is 0 Å². The monoisotopic (exact) mass is 364 g/mol. The van der Waals surface area contributed by atoms with Gasteiger partial charge in [-0.2, -0.15) is 0 Å². The summed E-state index contributed by atoms with van der Waals surface area (Å²) in [7, 11) is 1.93. The molecule has 1 aromatic carbocycles. The van der Waals surface area contributed by atoms with Gasteiger partial charge >= 0.3 is 0 Å². The molecule has 0 amide bonds. The van der Waals surface area contributed by atoms with Gasteiger partial charge in [0.2, 0.25) is 11.9 Å². The molecule has 0 saturated carbocycles. The van der Waals surface area contributed by atoms with Crippen molar-refractivity contribution in [1.82, 2.24) is 24.7 Å². The molecule has 0 bridgehead atoms. The van der Waals surface area contributed by atoms with E-state index < -0.39 is 0 Å². The number of nitrogen functional groups attached to an aromatic ring is 2. The second-order valence-corrected chi connectivity index (χ2v) is 7.09. The van der Waals surface area contributed by atoms with Gasteiger partial charge in [-0.15, -0.1) is 10.2 Å². The largest absolute Gasteiger partial charge is 0.371 e. The van der Waals surface area contributed by atoms with Crippen molar-refractivity contribution in [3.63, 3.8) is 0 Å². The van der Waals surface area contributed by atoms with Crippen LogP contribution in [0.15, 0.2) is 30.6 Å². The Morgan fingerprint density at radius 1 is 1.04 bits per heavy atom. The smallest absolute Gasteiger partial charge is 0.221 e. The molecule has 3 heterocycles. The molecule has 8 heteroatoms. The topological polar surface area (TPSA) is 112 Å². The lowest BCUT2D eigenvalue weighted by Gasteiger charge is -2.34. The van der Waals surface area contributed by atoms with Crippen LogP contribution >= 0.6 is 0 Å². The van der Waals surface area contributed by atoms with E-state index in [1.54, 1.807) is 12.4 Å². The highest BCUT2D eigenvalue weighted by Gasteiger charge is 2.26. The lowest BCUT2D eigenvalue weighted by molar-refractivity contribution is 0.475. The molecule has 1 aliphatic rings. The summed E-state index contributed by atoms with van der Waals surface area (Å²) < 4.78 is 1.89. The van der Waals surface area contributed by atoms with E-state index in [4.69, 9.17) is 11.5 Å². The molecule has 0 spiro atoms. The van der Waals surface area contributed by atoms with Gasteiger partial charge in [-0.1, -0.05) is 12.1 Å². The summed E-state index contributed by atoms with van der Waals surface area (Å²) in [4.78, 5) is 10.7. The second-order valence-electron chi connectivity index (χ2n) is 7.09. The molecule has 1 fully saturated rings. The summed E-state index contributed by atoms with van der Waals surface area (Å²) in [6.45, 7) is 4.01. The maximum absolute atomic E-state index is 5.84. The lowest BCUT2D eigenvalue weighted by Crippen LogP contribution is -2.34. The first-order valence-electron chi connectivity index (χ1n) is 9.11. The number of hydrogen-bond acceptors (Lipinski definition) is 7. The molecule has 4 N–H and O–H groups in total. The molecule has 1 saturated heterocycles. The molecule has 1 aliphatic heterocycles. The Labute approximate surface area is 158 Å². The third-order valence-corrected chi connectivity index (χ3v) is 5.28. The number of aryl methyl sites for hydroxylation is 1. The van der Waals surface area contributed by atoms with Crippen LogP contribution in [0.4, 0.5) is 17.6 Å². The molecule has 0 radical (unpaired) electrons. The molecule has 3 aromatic rings. The zero-order valence-corrected chi connectivity index (χ0v) is 15.6. The van der Waals surface area contributed by atoms with Gasteiger partial charge in [-0.05, 0) is 31.4 Å². The van der Waals surface area contributed by atoms with E-state index in [0.29, 0.717) is 11.9 Å². The number of aromatic nitrogens is 5. The van der Waals surface area contributed by atoms with Crippen LogP contribution in [0, 0.1) is 6.92 Å². The molecular formula is C19H24N8. The van der Waals surface area contributed by atoms with Gasteiger partial charge < -0.3 is 20.9 Å². The summed E-state index contributed by atoms with van der Waals surface area (Å²) in [6.07, 6.45) is 5.59. The first-order valence-corrected chi connectivity index (χ1v) is 9.11. The molecule has 0 unspecified atom stereocenters. The van der Waals surface area contributed by atoms with Crippen molar-refractivity contribution in [2.24, 2.45) is 7.05 Å². The SMILES string of the molecule is Cc1ccc(-c2cnc(N)nc2)c(N2CCC(c3nnc(N)n3C)CC2)c1. The highest BCUT2D eigenvalue weighted by Crippen LogP contribution is 2.35. The minimum atomic E-state index is 0.288. The molecule has 0 atom stereocenters. The number of piperidine rings is 1. The summed E-state index contributed by atoms with van der Waals surface area (Å²) in [5, 5.41) is 8.26. The van der Waals surface area contributed by atoms with Crippen LogP contribution in [0.1, 0.15) is 30.1 Å². The molecule has 8 nitrogen and oxygen atoms in total. The van der Waals surface area contributed by atoms with Crippen molar-refractivity contribution < 1.29 is 0 Å². The van der Waals surface area contributed by atoms with Crippen molar-refractivity contribution in [2.45, 2.75) is 25.7 Å². The van der Waals surface area contributed by atoms with E-state index in [1.807, 2.05) is 11.6 Å². The van der Waals surface area contributed by atoms with Crippen molar-refractivity contribution in [2.75, 3.05) is 29.5 Å². The zero-order chi connectivity index (χ0) is 19.0. The summed E-state index contributed by atoms with van der Waals surface area (Å²) in [6, 6.07) is 6.48. The lowest BCUT2D eigenvalue weighted by atomic mass is 9.94. The maximum atomic E-state index is 5.84. The number of benzene rings is 1. The van der Waals surface area contributed by atoms with Crippen molar-refractivity contribution in [1.29, 1.82) is 0 Å². The highest BCUT2D eigenvalue weighted by molar-refractivity contribution is 5.78. The van der Waals surface area contributed by atoms with Crippen molar-refractivity contribution in [3.05, 3.63) is 42.0 Å². The van der Waals surface area contributed by atoms with Crippen LogP contribution in [-0.2, 0) is 7.05 Å². The van der Waals surface area contributed by atoms with E-state index in [0.717, 1.165) is 42.9 Å². The van der Waals surface area contributed by atoms with Gasteiger partial charge in [0.25, 0.3) is 0 Å².